The Morgan fingerprint density at radius 3 is 2.66 bits per heavy atom. The zero-order chi connectivity index (χ0) is 19.8. The molecule has 144 valence electrons. The average molecular weight is 406 g/mol. The monoisotopic (exact) mass is 406 g/mol. The predicted octanol–water partition coefficient (Wildman–Crippen LogP) is 4.55. The number of ether oxygens (including phenoxy) is 2. The summed E-state index contributed by atoms with van der Waals surface area (Å²) in [6.07, 6.45) is 0. The number of fused-ring (bicyclic) bond motifs is 2. The maximum Gasteiger partial charge on any atom is 0.266 e. The molecule has 7 heteroatoms. The molecule has 1 aliphatic heterocycles. The highest BCUT2D eigenvalue weighted by Gasteiger charge is 2.16. The summed E-state index contributed by atoms with van der Waals surface area (Å²) in [6, 6.07) is 18.8. The van der Waals surface area contributed by atoms with Gasteiger partial charge >= 0.3 is 0 Å². The summed E-state index contributed by atoms with van der Waals surface area (Å²) in [4.78, 5) is 17.9. The highest BCUT2D eigenvalue weighted by atomic mass is 32.2. The van der Waals surface area contributed by atoms with Gasteiger partial charge in [-0.2, -0.15) is 0 Å². The van der Waals surface area contributed by atoms with E-state index in [1.54, 1.807) is 24.3 Å². The van der Waals surface area contributed by atoms with Gasteiger partial charge in [-0.05, 0) is 54.1 Å². The molecule has 5 nitrogen and oxygen atoms in total. The number of nitrogens with zero attached hydrogens (tertiary/aromatic N) is 2. The second-order valence-corrected chi connectivity index (χ2v) is 7.45. The molecular formula is C22H15FN2O3S. The van der Waals surface area contributed by atoms with Crippen molar-refractivity contribution in [2.45, 2.75) is 10.9 Å². The highest BCUT2D eigenvalue weighted by molar-refractivity contribution is 7.98. The standard InChI is InChI=1S/C22H15FN2O3S/c23-15-6-8-16(9-7-15)25-21(26)17-3-1-2-4-18(17)24-22(25)29-12-14-5-10-19-20(11-14)28-13-27-19/h1-11H,12-13H2. The summed E-state index contributed by atoms with van der Waals surface area (Å²) in [5.74, 6) is 1.67. The first-order chi connectivity index (χ1) is 14.2. The number of thioether (sulfide) groups is 1. The minimum Gasteiger partial charge on any atom is -0.454 e. The molecule has 0 amide bonds. The minimum absolute atomic E-state index is 0.185. The van der Waals surface area contributed by atoms with Gasteiger partial charge in [0.15, 0.2) is 16.7 Å². The van der Waals surface area contributed by atoms with Crippen molar-refractivity contribution in [1.82, 2.24) is 9.55 Å². The molecule has 0 radical (unpaired) electrons. The van der Waals surface area contributed by atoms with E-state index in [1.165, 1.54) is 28.5 Å². The normalized spacial score (nSPS) is 12.4. The zero-order valence-corrected chi connectivity index (χ0v) is 16.0. The van der Waals surface area contributed by atoms with Gasteiger partial charge in [0, 0.05) is 5.75 Å². The molecule has 5 rings (SSSR count). The Morgan fingerprint density at radius 1 is 1.00 bits per heavy atom. The Bertz CT molecular complexity index is 1270. The van der Waals surface area contributed by atoms with Crippen LogP contribution in [0.2, 0.25) is 0 Å². The lowest BCUT2D eigenvalue weighted by Crippen LogP contribution is -2.21. The van der Waals surface area contributed by atoms with E-state index in [1.807, 2.05) is 30.3 Å². The maximum absolute atomic E-state index is 13.4. The first kappa shape index (κ1) is 17.8. The fraction of sp³-hybridized carbons (Fsp3) is 0.0909. The third kappa shape index (κ3) is 3.34. The van der Waals surface area contributed by atoms with Crippen LogP contribution in [0.15, 0.2) is 76.7 Å². The molecular weight excluding hydrogens is 391 g/mol. The molecule has 0 atom stereocenters. The third-order valence-electron chi connectivity index (χ3n) is 4.63. The molecule has 0 bridgehead atoms. The predicted molar refractivity (Wildman–Crippen MR) is 109 cm³/mol. The molecule has 0 fully saturated rings. The summed E-state index contributed by atoms with van der Waals surface area (Å²) in [6.45, 7) is 0.224. The van der Waals surface area contributed by atoms with Gasteiger partial charge in [0.1, 0.15) is 5.82 Å². The van der Waals surface area contributed by atoms with E-state index < -0.39 is 0 Å². The Morgan fingerprint density at radius 2 is 1.79 bits per heavy atom. The van der Waals surface area contributed by atoms with Crippen LogP contribution >= 0.6 is 11.8 Å². The third-order valence-corrected chi connectivity index (χ3v) is 5.64. The van der Waals surface area contributed by atoms with Crippen LogP contribution in [0.25, 0.3) is 16.6 Å². The first-order valence-corrected chi connectivity index (χ1v) is 9.97. The Balaban J connectivity index is 1.57. The molecule has 0 unspecified atom stereocenters. The van der Waals surface area contributed by atoms with Crippen molar-refractivity contribution in [2.24, 2.45) is 0 Å². The minimum atomic E-state index is -0.356. The summed E-state index contributed by atoms with van der Waals surface area (Å²) in [7, 11) is 0. The van der Waals surface area contributed by atoms with Crippen molar-refractivity contribution in [3.63, 3.8) is 0 Å². The van der Waals surface area contributed by atoms with Gasteiger partial charge in [-0.15, -0.1) is 0 Å². The zero-order valence-electron chi connectivity index (χ0n) is 15.2. The Labute approximate surface area is 169 Å². The number of hydrogen-bond donors (Lipinski definition) is 0. The molecule has 0 spiro atoms. The molecule has 0 N–H and O–H groups in total. The van der Waals surface area contributed by atoms with E-state index in [4.69, 9.17) is 14.5 Å². The number of benzene rings is 3. The SMILES string of the molecule is O=c1c2ccccc2nc(SCc2ccc3c(c2)OCO3)n1-c1ccc(F)cc1. The van der Waals surface area contributed by atoms with Crippen molar-refractivity contribution in [3.8, 4) is 17.2 Å². The molecule has 0 aliphatic carbocycles. The van der Waals surface area contributed by atoms with Gasteiger partial charge in [-0.25, -0.2) is 9.37 Å². The van der Waals surface area contributed by atoms with E-state index in [0.29, 0.717) is 33.2 Å². The quantitative estimate of drug-likeness (QED) is 0.368. The van der Waals surface area contributed by atoms with E-state index >= 15 is 0 Å². The van der Waals surface area contributed by atoms with Crippen LogP contribution in [0.3, 0.4) is 0 Å². The molecule has 0 saturated heterocycles. The van der Waals surface area contributed by atoms with Gasteiger partial charge < -0.3 is 9.47 Å². The van der Waals surface area contributed by atoms with Crippen LogP contribution in [0, 0.1) is 5.82 Å². The number of para-hydroxylation sites is 1. The molecule has 2 heterocycles. The lowest BCUT2D eigenvalue weighted by molar-refractivity contribution is 0.174. The molecule has 29 heavy (non-hydrogen) atoms. The van der Waals surface area contributed by atoms with Gasteiger partial charge in [-0.1, -0.05) is 30.0 Å². The molecule has 1 aromatic heterocycles. The van der Waals surface area contributed by atoms with Gasteiger partial charge in [-0.3, -0.25) is 9.36 Å². The van der Waals surface area contributed by atoms with Crippen LogP contribution in [0.4, 0.5) is 4.39 Å². The van der Waals surface area contributed by atoms with Crippen LogP contribution in [0.5, 0.6) is 11.5 Å². The van der Waals surface area contributed by atoms with Gasteiger partial charge in [0.2, 0.25) is 6.79 Å². The van der Waals surface area contributed by atoms with E-state index in [-0.39, 0.29) is 18.2 Å². The Hall–Kier alpha value is -3.32. The number of halogens is 1. The fourth-order valence-corrected chi connectivity index (χ4v) is 4.16. The number of hydrogen-bond acceptors (Lipinski definition) is 5. The van der Waals surface area contributed by atoms with Crippen molar-refractivity contribution in [1.29, 1.82) is 0 Å². The second-order valence-electron chi connectivity index (χ2n) is 6.50. The summed E-state index contributed by atoms with van der Waals surface area (Å²) < 4.78 is 25.7. The molecule has 4 aromatic rings. The van der Waals surface area contributed by atoms with E-state index in [9.17, 15) is 9.18 Å². The number of aromatic nitrogens is 2. The van der Waals surface area contributed by atoms with Crippen molar-refractivity contribution in [3.05, 3.63) is 88.5 Å². The second kappa shape index (κ2) is 7.25. The van der Waals surface area contributed by atoms with E-state index in [2.05, 4.69) is 0 Å². The van der Waals surface area contributed by atoms with Crippen LogP contribution in [-0.2, 0) is 5.75 Å². The fourth-order valence-electron chi connectivity index (χ4n) is 3.21. The summed E-state index contributed by atoms with van der Waals surface area (Å²) in [5.41, 5.74) is 2.04. The smallest absolute Gasteiger partial charge is 0.266 e. The lowest BCUT2D eigenvalue weighted by Gasteiger charge is -2.13. The van der Waals surface area contributed by atoms with Crippen molar-refractivity contribution in [2.75, 3.05) is 6.79 Å². The summed E-state index contributed by atoms with van der Waals surface area (Å²) in [5, 5.41) is 1.06. The average Bonchev–Trinajstić information content (AvgIpc) is 3.21. The molecule has 0 saturated carbocycles. The largest absolute Gasteiger partial charge is 0.454 e. The molecule has 3 aromatic carbocycles. The first-order valence-electron chi connectivity index (χ1n) is 8.98. The lowest BCUT2D eigenvalue weighted by atomic mass is 10.2. The topological polar surface area (TPSA) is 53.4 Å². The van der Waals surface area contributed by atoms with Crippen LogP contribution in [-0.4, -0.2) is 16.3 Å². The van der Waals surface area contributed by atoms with Gasteiger partial charge in [0.05, 0.1) is 16.6 Å². The van der Waals surface area contributed by atoms with Crippen molar-refractivity contribution < 1.29 is 13.9 Å². The number of rotatable bonds is 4. The van der Waals surface area contributed by atoms with Crippen LogP contribution < -0.4 is 15.0 Å². The molecule has 1 aliphatic rings. The van der Waals surface area contributed by atoms with Crippen molar-refractivity contribution >= 4 is 22.7 Å². The Kier molecular flexibility index (Phi) is 4.44. The highest BCUT2D eigenvalue weighted by Crippen LogP contribution is 2.34. The van der Waals surface area contributed by atoms with Crippen LogP contribution in [0.1, 0.15) is 5.56 Å². The maximum atomic E-state index is 13.4. The summed E-state index contributed by atoms with van der Waals surface area (Å²) >= 11 is 1.44. The van der Waals surface area contributed by atoms with Gasteiger partial charge in [0.25, 0.3) is 5.56 Å². The van der Waals surface area contributed by atoms with E-state index in [0.717, 1.165) is 11.3 Å².